The molecule has 1 rings (SSSR count). The first-order valence-electron chi connectivity index (χ1n) is 7.61. The molecule has 0 bridgehead atoms. The lowest BCUT2D eigenvalue weighted by atomic mass is 10.2. The van der Waals surface area contributed by atoms with Crippen LogP contribution < -0.4 is 5.32 Å². The Balaban J connectivity index is 2.76. The van der Waals surface area contributed by atoms with Crippen LogP contribution in [0.1, 0.15) is 35.8 Å². The lowest BCUT2D eigenvalue weighted by Crippen LogP contribution is -2.43. The van der Waals surface area contributed by atoms with E-state index < -0.39 is 31.9 Å². The minimum atomic E-state index is -2.63. The molecule has 0 aromatic heterocycles. The van der Waals surface area contributed by atoms with Gasteiger partial charge in [-0.3, -0.25) is 4.90 Å². The summed E-state index contributed by atoms with van der Waals surface area (Å²) in [6.07, 6.45) is -0.755. The zero-order valence-corrected chi connectivity index (χ0v) is 8.12. The summed E-state index contributed by atoms with van der Waals surface area (Å²) in [6, 6.07) is -1.93. The van der Waals surface area contributed by atoms with Crippen molar-refractivity contribution in [2.75, 3.05) is 13.1 Å². The van der Waals surface area contributed by atoms with E-state index >= 15 is 0 Å². The fourth-order valence-electron chi connectivity index (χ4n) is 1.62. The molecule has 1 saturated heterocycles. The molecule has 3 nitrogen and oxygen atoms in total. The Bertz CT molecular complexity index is 289. The van der Waals surface area contributed by atoms with Crippen LogP contribution in [0.15, 0.2) is 0 Å². The van der Waals surface area contributed by atoms with E-state index in [1.165, 1.54) is 0 Å². The summed E-state index contributed by atoms with van der Waals surface area (Å²) in [7, 11) is 0. The zero-order valence-electron chi connectivity index (χ0n) is 14.1. The van der Waals surface area contributed by atoms with E-state index in [4.69, 9.17) is 8.22 Å². The first-order valence-corrected chi connectivity index (χ1v) is 4.61. The van der Waals surface area contributed by atoms with Crippen LogP contribution in [0.25, 0.3) is 0 Å². The van der Waals surface area contributed by atoms with Gasteiger partial charge in [-0.2, -0.15) is 0 Å². The van der Waals surface area contributed by atoms with E-state index in [0.29, 0.717) is 13.1 Å². The number of nitrogens with one attached hydrogen (secondary N) is 1. The summed E-state index contributed by atoms with van der Waals surface area (Å²) in [5.41, 5.74) is 0. The lowest BCUT2D eigenvalue weighted by Gasteiger charge is -2.21. The Morgan fingerprint density at radius 2 is 2.15 bits per heavy atom. The van der Waals surface area contributed by atoms with Crippen LogP contribution in [-0.4, -0.2) is 47.3 Å². The molecule has 0 spiro atoms. The SMILES string of the molecule is [2H]C([2H])([2H])C(NC1CN(C(C)C)CC1O)C([2H])([2H])[2H]. The standard InChI is InChI=1S/C10H22N2O/c1-7(2)11-9-5-12(8(3)4)6-10(9)13/h7-11,13H,5-6H2,1-4H3/i1D3,2D3. The summed E-state index contributed by atoms with van der Waals surface area (Å²) >= 11 is 0. The Hall–Kier alpha value is -0.120. The molecule has 13 heavy (non-hydrogen) atoms. The predicted octanol–water partition coefficient (Wildman–Crippen LogP) is 0.438. The van der Waals surface area contributed by atoms with Crippen LogP contribution in [0.5, 0.6) is 0 Å². The Morgan fingerprint density at radius 3 is 2.62 bits per heavy atom. The Morgan fingerprint density at radius 1 is 1.46 bits per heavy atom. The third-order valence-corrected chi connectivity index (χ3v) is 2.43. The summed E-state index contributed by atoms with van der Waals surface area (Å²) in [5, 5.41) is 12.5. The van der Waals surface area contributed by atoms with Gasteiger partial charge in [0.1, 0.15) is 0 Å². The van der Waals surface area contributed by atoms with Crippen molar-refractivity contribution < 1.29 is 13.3 Å². The van der Waals surface area contributed by atoms with Crippen molar-refractivity contribution in [2.24, 2.45) is 0 Å². The number of nitrogens with zero attached hydrogens (tertiary/aromatic N) is 1. The van der Waals surface area contributed by atoms with Gasteiger partial charge in [0.25, 0.3) is 0 Å². The summed E-state index contributed by atoms with van der Waals surface area (Å²) in [5.74, 6) is 0. The minimum absolute atomic E-state index is 0.223. The molecule has 2 N–H and O–H groups in total. The molecule has 0 aromatic carbocycles. The number of likely N-dealkylation sites (tertiary alicyclic amines) is 1. The molecule has 0 aromatic rings. The summed E-state index contributed by atoms with van der Waals surface area (Å²) in [6.45, 7) is -0.446. The van der Waals surface area contributed by atoms with E-state index in [-0.39, 0.29) is 6.04 Å². The van der Waals surface area contributed by atoms with Crippen LogP contribution in [-0.2, 0) is 0 Å². The normalized spacial score (nSPS) is 39.5. The maximum Gasteiger partial charge on any atom is 0.0832 e. The van der Waals surface area contributed by atoms with Gasteiger partial charge < -0.3 is 10.4 Å². The van der Waals surface area contributed by atoms with Crippen molar-refractivity contribution in [2.45, 2.75) is 51.8 Å². The maximum atomic E-state index is 9.92. The third-order valence-electron chi connectivity index (χ3n) is 2.43. The Labute approximate surface area is 89.6 Å². The smallest absolute Gasteiger partial charge is 0.0832 e. The molecular formula is C10H22N2O. The van der Waals surface area contributed by atoms with Crippen LogP contribution >= 0.6 is 0 Å². The van der Waals surface area contributed by atoms with E-state index in [1.54, 1.807) is 0 Å². The van der Waals surface area contributed by atoms with Gasteiger partial charge in [0, 0.05) is 39.4 Å². The van der Waals surface area contributed by atoms with Gasteiger partial charge in [0.05, 0.1) is 6.10 Å². The van der Waals surface area contributed by atoms with E-state index in [9.17, 15) is 5.11 Å². The van der Waals surface area contributed by atoms with Gasteiger partial charge in [-0.05, 0) is 13.8 Å². The quantitative estimate of drug-likeness (QED) is 0.681. The highest BCUT2D eigenvalue weighted by Gasteiger charge is 2.32. The number of hydrogen-bond acceptors (Lipinski definition) is 3. The lowest BCUT2D eigenvalue weighted by molar-refractivity contribution is 0.146. The maximum absolute atomic E-state index is 9.92. The van der Waals surface area contributed by atoms with Gasteiger partial charge in [-0.15, -0.1) is 0 Å². The highest BCUT2D eigenvalue weighted by atomic mass is 16.3. The van der Waals surface area contributed by atoms with Crippen LogP contribution in [0.4, 0.5) is 0 Å². The number of aliphatic hydroxyl groups excluding tert-OH is 1. The second-order valence-corrected chi connectivity index (χ2v) is 3.82. The van der Waals surface area contributed by atoms with Gasteiger partial charge >= 0.3 is 0 Å². The topological polar surface area (TPSA) is 35.5 Å². The second-order valence-electron chi connectivity index (χ2n) is 3.82. The molecular weight excluding hydrogens is 164 g/mol. The van der Waals surface area contributed by atoms with Crippen molar-refractivity contribution in [3.05, 3.63) is 0 Å². The highest BCUT2D eigenvalue weighted by Crippen LogP contribution is 2.13. The third kappa shape index (κ3) is 2.93. The first-order chi connectivity index (χ1) is 8.43. The van der Waals surface area contributed by atoms with E-state index in [0.717, 1.165) is 0 Å². The highest BCUT2D eigenvalue weighted by molar-refractivity contribution is 4.90. The number of rotatable bonds is 3. The average Bonchev–Trinajstić information content (AvgIpc) is 2.53. The number of aliphatic hydroxyl groups is 1. The molecule has 3 heteroatoms. The number of hydrogen-bond donors (Lipinski definition) is 2. The van der Waals surface area contributed by atoms with Crippen molar-refractivity contribution in [1.29, 1.82) is 0 Å². The number of β-amino-alcohol motifs (C(OH)–C–C–N with tert-alkyl or cyclic N) is 1. The van der Waals surface area contributed by atoms with Gasteiger partial charge in [0.2, 0.25) is 0 Å². The van der Waals surface area contributed by atoms with Gasteiger partial charge in [-0.1, -0.05) is 13.7 Å². The average molecular weight is 192 g/mol. The molecule has 1 heterocycles. The largest absolute Gasteiger partial charge is 0.390 e. The Kier molecular flexibility index (Phi) is 1.73. The van der Waals surface area contributed by atoms with Crippen LogP contribution in [0.2, 0.25) is 0 Å². The molecule has 0 amide bonds. The van der Waals surface area contributed by atoms with Gasteiger partial charge in [-0.25, -0.2) is 0 Å². The molecule has 0 saturated carbocycles. The molecule has 1 aliphatic rings. The van der Waals surface area contributed by atoms with Gasteiger partial charge in [0.15, 0.2) is 0 Å². The predicted molar refractivity (Wildman–Crippen MR) is 54.8 cm³/mol. The monoisotopic (exact) mass is 192 g/mol. The molecule has 78 valence electrons. The zero-order chi connectivity index (χ0) is 15.0. The molecule has 0 aliphatic carbocycles. The van der Waals surface area contributed by atoms with Crippen molar-refractivity contribution in [1.82, 2.24) is 10.2 Å². The summed E-state index contributed by atoms with van der Waals surface area (Å²) in [4.78, 5) is 1.98. The van der Waals surface area contributed by atoms with Crippen molar-refractivity contribution in [3.63, 3.8) is 0 Å². The summed E-state index contributed by atoms with van der Waals surface area (Å²) < 4.78 is 43.9. The molecule has 2 atom stereocenters. The van der Waals surface area contributed by atoms with Crippen LogP contribution in [0.3, 0.4) is 0 Å². The molecule has 1 fully saturated rings. The van der Waals surface area contributed by atoms with Crippen molar-refractivity contribution >= 4 is 0 Å². The molecule has 2 unspecified atom stereocenters. The first kappa shape index (κ1) is 5.10. The van der Waals surface area contributed by atoms with Crippen LogP contribution in [0, 0.1) is 0 Å². The second kappa shape index (κ2) is 4.40. The van der Waals surface area contributed by atoms with E-state index in [1.807, 2.05) is 18.7 Å². The van der Waals surface area contributed by atoms with E-state index in [2.05, 4.69) is 5.32 Å². The fraction of sp³-hybridized carbons (Fsp3) is 1.00. The molecule has 1 aliphatic heterocycles. The minimum Gasteiger partial charge on any atom is -0.390 e. The fourth-order valence-corrected chi connectivity index (χ4v) is 1.62. The molecule has 0 radical (unpaired) electrons. The van der Waals surface area contributed by atoms with Crippen molar-refractivity contribution in [3.8, 4) is 0 Å².